The molecule has 0 fully saturated rings. The third-order valence-corrected chi connectivity index (χ3v) is 2.36. The fraction of sp³-hybridized carbons (Fsp3) is 0.636. The van der Waals surface area contributed by atoms with Gasteiger partial charge in [0.15, 0.2) is 0 Å². The number of nitrogens with two attached hydrogens (primary N) is 1. The van der Waals surface area contributed by atoms with Crippen LogP contribution in [-0.4, -0.2) is 35.4 Å². The zero-order valence-electron chi connectivity index (χ0n) is 10.3. The first-order valence-electron chi connectivity index (χ1n) is 5.75. The Morgan fingerprint density at radius 1 is 1.71 bits per heavy atom. The average Bonchev–Trinajstić information content (AvgIpc) is 2.74. The summed E-state index contributed by atoms with van der Waals surface area (Å²) in [6, 6.07) is -0.456. The summed E-state index contributed by atoms with van der Waals surface area (Å²) >= 11 is 0. The summed E-state index contributed by atoms with van der Waals surface area (Å²) < 4.78 is 6.65. The minimum absolute atomic E-state index is 0.168. The summed E-state index contributed by atoms with van der Waals surface area (Å²) in [7, 11) is 1.63. The maximum Gasteiger partial charge on any atom is 0.241 e. The van der Waals surface area contributed by atoms with Crippen molar-refractivity contribution in [1.29, 1.82) is 0 Å². The van der Waals surface area contributed by atoms with Crippen molar-refractivity contribution in [3.05, 3.63) is 12.4 Å². The highest BCUT2D eigenvalue weighted by Gasteiger charge is 2.12. The van der Waals surface area contributed by atoms with Gasteiger partial charge in [0.2, 0.25) is 5.91 Å². The van der Waals surface area contributed by atoms with Crippen molar-refractivity contribution in [3.8, 4) is 0 Å². The lowest BCUT2D eigenvalue weighted by Gasteiger charge is -2.09. The number of nitrogens with zero attached hydrogens (tertiary/aromatic N) is 2. The van der Waals surface area contributed by atoms with E-state index in [-0.39, 0.29) is 5.91 Å². The molecule has 0 saturated carbocycles. The normalized spacial score (nSPS) is 12.4. The topological polar surface area (TPSA) is 82.2 Å². The zero-order chi connectivity index (χ0) is 12.7. The maximum atomic E-state index is 11.6. The summed E-state index contributed by atoms with van der Waals surface area (Å²) in [5.41, 5.74) is 6.37. The maximum absolute atomic E-state index is 11.6. The molecular formula is C11H20N4O2. The lowest BCUT2D eigenvalue weighted by molar-refractivity contribution is -0.117. The second-order valence-corrected chi connectivity index (χ2v) is 3.87. The predicted octanol–water partition coefficient (Wildman–Crippen LogP) is 0.595. The summed E-state index contributed by atoms with van der Waals surface area (Å²) in [4.78, 5) is 11.6. The molecule has 6 nitrogen and oxygen atoms in total. The third kappa shape index (κ3) is 4.54. The number of aromatic nitrogens is 2. The number of methoxy groups -OCH3 is 1. The Kier molecular flexibility index (Phi) is 5.65. The predicted molar refractivity (Wildman–Crippen MR) is 65.6 cm³/mol. The molecule has 1 atom stereocenters. The van der Waals surface area contributed by atoms with Crippen LogP contribution in [0.15, 0.2) is 12.4 Å². The van der Waals surface area contributed by atoms with Crippen molar-refractivity contribution < 1.29 is 9.53 Å². The Labute approximate surface area is 101 Å². The van der Waals surface area contributed by atoms with Gasteiger partial charge in [-0.1, -0.05) is 13.3 Å². The Morgan fingerprint density at radius 3 is 3.12 bits per heavy atom. The summed E-state index contributed by atoms with van der Waals surface area (Å²) in [5.74, 6) is -0.168. The van der Waals surface area contributed by atoms with Crippen molar-refractivity contribution in [2.24, 2.45) is 5.73 Å². The first kappa shape index (κ1) is 13.7. The minimum atomic E-state index is -0.456. The summed E-state index contributed by atoms with van der Waals surface area (Å²) in [5, 5.41) is 6.83. The van der Waals surface area contributed by atoms with Crippen LogP contribution in [-0.2, 0) is 16.1 Å². The van der Waals surface area contributed by atoms with Crippen molar-refractivity contribution in [1.82, 2.24) is 9.78 Å². The number of carbonyl (C=O) groups excluding carboxylic acids is 1. The molecule has 3 N–H and O–H groups in total. The first-order chi connectivity index (χ1) is 8.17. The molecule has 0 aliphatic heterocycles. The molecule has 17 heavy (non-hydrogen) atoms. The second kappa shape index (κ2) is 7.03. The molecule has 1 amide bonds. The van der Waals surface area contributed by atoms with Gasteiger partial charge < -0.3 is 15.8 Å². The van der Waals surface area contributed by atoms with E-state index in [1.807, 2.05) is 6.92 Å². The standard InChI is InChI=1S/C11H20N4O2/c1-3-4-10(12)11(16)14-9-7-13-15(8-9)5-6-17-2/h7-8,10H,3-6,12H2,1-2H3,(H,14,16)/t10-/m1/s1. The van der Waals surface area contributed by atoms with E-state index in [0.717, 1.165) is 6.42 Å². The number of nitrogens with one attached hydrogen (secondary N) is 1. The van der Waals surface area contributed by atoms with Crippen LogP contribution in [0.1, 0.15) is 19.8 Å². The van der Waals surface area contributed by atoms with Crippen molar-refractivity contribution in [2.75, 3.05) is 19.0 Å². The molecule has 0 aromatic carbocycles. The lowest BCUT2D eigenvalue weighted by atomic mass is 10.2. The Hall–Kier alpha value is -1.40. The largest absolute Gasteiger partial charge is 0.383 e. The van der Waals surface area contributed by atoms with Crippen LogP contribution in [0, 0.1) is 0 Å². The molecule has 6 heteroatoms. The highest BCUT2D eigenvalue weighted by Crippen LogP contribution is 2.06. The van der Waals surface area contributed by atoms with Gasteiger partial charge in [-0.15, -0.1) is 0 Å². The van der Waals surface area contributed by atoms with E-state index < -0.39 is 6.04 Å². The number of anilines is 1. The molecule has 0 radical (unpaired) electrons. The van der Waals surface area contributed by atoms with Gasteiger partial charge in [-0.2, -0.15) is 5.10 Å². The lowest BCUT2D eigenvalue weighted by Crippen LogP contribution is -2.35. The molecule has 1 aromatic heterocycles. The van der Waals surface area contributed by atoms with Crippen LogP contribution >= 0.6 is 0 Å². The van der Waals surface area contributed by atoms with Crippen molar-refractivity contribution in [3.63, 3.8) is 0 Å². The number of hydrogen-bond acceptors (Lipinski definition) is 4. The fourth-order valence-electron chi connectivity index (χ4n) is 1.41. The minimum Gasteiger partial charge on any atom is -0.383 e. The molecule has 1 heterocycles. The molecular weight excluding hydrogens is 220 g/mol. The van der Waals surface area contributed by atoms with E-state index in [2.05, 4.69) is 10.4 Å². The fourth-order valence-corrected chi connectivity index (χ4v) is 1.41. The van der Waals surface area contributed by atoms with Gasteiger partial charge in [0.25, 0.3) is 0 Å². The second-order valence-electron chi connectivity index (χ2n) is 3.87. The molecule has 1 aromatic rings. The SMILES string of the molecule is CCC[C@@H](N)C(=O)Nc1cnn(CCOC)c1. The molecule has 0 spiro atoms. The smallest absolute Gasteiger partial charge is 0.241 e. The van der Waals surface area contributed by atoms with E-state index in [1.54, 1.807) is 24.2 Å². The van der Waals surface area contributed by atoms with E-state index in [0.29, 0.717) is 25.3 Å². The van der Waals surface area contributed by atoms with Crippen LogP contribution in [0.25, 0.3) is 0 Å². The van der Waals surface area contributed by atoms with Gasteiger partial charge in [0.05, 0.1) is 31.1 Å². The van der Waals surface area contributed by atoms with Gasteiger partial charge in [-0.25, -0.2) is 0 Å². The molecule has 1 rings (SSSR count). The highest BCUT2D eigenvalue weighted by molar-refractivity contribution is 5.94. The van der Waals surface area contributed by atoms with E-state index in [4.69, 9.17) is 10.5 Å². The first-order valence-corrected chi connectivity index (χ1v) is 5.75. The van der Waals surface area contributed by atoms with Crippen LogP contribution in [0.2, 0.25) is 0 Å². The van der Waals surface area contributed by atoms with E-state index >= 15 is 0 Å². The number of ether oxygens (including phenoxy) is 1. The van der Waals surface area contributed by atoms with E-state index in [1.165, 1.54) is 0 Å². The third-order valence-electron chi connectivity index (χ3n) is 2.36. The summed E-state index contributed by atoms with van der Waals surface area (Å²) in [6.07, 6.45) is 4.94. The van der Waals surface area contributed by atoms with Gasteiger partial charge in [0.1, 0.15) is 0 Å². The van der Waals surface area contributed by atoms with Gasteiger partial charge in [-0.3, -0.25) is 9.48 Å². The van der Waals surface area contributed by atoms with Crippen molar-refractivity contribution >= 4 is 11.6 Å². The number of rotatable bonds is 7. The number of hydrogen-bond donors (Lipinski definition) is 2. The van der Waals surface area contributed by atoms with Crippen LogP contribution in [0.4, 0.5) is 5.69 Å². The summed E-state index contributed by atoms with van der Waals surface area (Å²) in [6.45, 7) is 3.24. The van der Waals surface area contributed by atoms with E-state index in [9.17, 15) is 4.79 Å². The monoisotopic (exact) mass is 240 g/mol. The van der Waals surface area contributed by atoms with Crippen molar-refractivity contribution in [2.45, 2.75) is 32.4 Å². The molecule has 0 unspecified atom stereocenters. The van der Waals surface area contributed by atoms with Gasteiger partial charge >= 0.3 is 0 Å². The molecule has 96 valence electrons. The Balaban J connectivity index is 2.45. The Bertz CT molecular complexity index is 351. The zero-order valence-corrected chi connectivity index (χ0v) is 10.3. The number of carbonyl (C=O) groups is 1. The van der Waals surface area contributed by atoms with Crippen LogP contribution in [0.3, 0.4) is 0 Å². The number of amides is 1. The van der Waals surface area contributed by atoms with Crippen LogP contribution < -0.4 is 11.1 Å². The van der Waals surface area contributed by atoms with Gasteiger partial charge in [0, 0.05) is 13.3 Å². The average molecular weight is 240 g/mol. The quantitative estimate of drug-likeness (QED) is 0.731. The molecule has 0 saturated heterocycles. The molecule has 0 bridgehead atoms. The highest BCUT2D eigenvalue weighted by atomic mass is 16.5. The Morgan fingerprint density at radius 2 is 2.47 bits per heavy atom. The van der Waals surface area contributed by atoms with Gasteiger partial charge in [-0.05, 0) is 6.42 Å². The van der Waals surface area contributed by atoms with Crippen LogP contribution in [0.5, 0.6) is 0 Å². The molecule has 0 aliphatic rings. The molecule has 0 aliphatic carbocycles.